The van der Waals surface area contributed by atoms with E-state index in [1.807, 2.05) is 0 Å². The average Bonchev–Trinajstić information content (AvgIpc) is 2.84. The predicted octanol–water partition coefficient (Wildman–Crippen LogP) is 3.24. The lowest BCUT2D eigenvalue weighted by atomic mass is 10.2. The monoisotopic (exact) mass is 412 g/mol. The summed E-state index contributed by atoms with van der Waals surface area (Å²) in [4.78, 5) is 0.304. The van der Waals surface area contributed by atoms with Gasteiger partial charge in [-0.2, -0.15) is 0 Å². The second kappa shape index (κ2) is 6.72. The van der Waals surface area contributed by atoms with Gasteiger partial charge < -0.3 is 5.73 Å². The normalized spacial score (nSPS) is 11.8. The summed E-state index contributed by atoms with van der Waals surface area (Å²) in [5.74, 6) is -0.873. The van der Waals surface area contributed by atoms with E-state index in [2.05, 4.69) is 20.7 Å². The van der Waals surface area contributed by atoms with Crippen molar-refractivity contribution in [2.24, 2.45) is 5.73 Å². The van der Waals surface area contributed by atoms with Gasteiger partial charge >= 0.3 is 0 Å². The highest BCUT2D eigenvalue weighted by molar-refractivity contribution is 9.11. The van der Waals surface area contributed by atoms with E-state index in [4.69, 9.17) is 17.3 Å². The molecular formula is C12H11BrClFN2O2S2. The molecule has 0 saturated carbocycles. The molecule has 1 aromatic carbocycles. The third-order valence-electron chi connectivity index (χ3n) is 2.65. The lowest BCUT2D eigenvalue weighted by Gasteiger charge is -2.10. The van der Waals surface area contributed by atoms with Crippen LogP contribution in [-0.4, -0.2) is 8.42 Å². The van der Waals surface area contributed by atoms with Crippen molar-refractivity contribution < 1.29 is 12.8 Å². The number of halogens is 3. The maximum absolute atomic E-state index is 14.1. The highest BCUT2D eigenvalue weighted by Gasteiger charge is 2.22. The van der Waals surface area contributed by atoms with Crippen molar-refractivity contribution in [1.82, 2.24) is 4.72 Å². The minimum absolute atomic E-state index is 0.0572. The molecular weight excluding hydrogens is 403 g/mol. The fourth-order valence-electron chi connectivity index (χ4n) is 1.65. The van der Waals surface area contributed by atoms with Crippen molar-refractivity contribution in [2.45, 2.75) is 18.0 Å². The zero-order valence-corrected chi connectivity index (χ0v) is 14.5. The highest BCUT2D eigenvalue weighted by Crippen LogP contribution is 2.25. The van der Waals surface area contributed by atoms with Gasteiger partial charge in [-0.1, -0.05) is 11.6 Å². The lowest BCUT2D eigenvalue weighted by Crippen LogP contribution is -2.24. The van der Waals surface area contributed by atoms with Gasteiger partial charge in [0.05, 0.1) is 3.79 Å². The summed E-state index contributed by atoms with van der Waals surface area (Å²) < 4.78 is 41.7. The molecule has 3 N–H and O–H groups in total. The van der Waals surface area contributed by atoms with Crippen LogP contribution in [0.2, 0.25) is 5.02 Å². The lowest BCUT2D eigenvalue weighted by molar-refractivity contribution is 0.550. The maximum Gasteiger partial charge on any atom is 0.243 e. The predicted molar refractivity (Wildman–Crippen MR) is 85.3 cm³/mol. The van der Waals surface area contributed by atoms with Crippen LogP contribution >= 0.6 is 38.9 Å². The Morgan fingerprint density at radius 3 is 2.67 bits per heavy atom. The van der Waals surface area contributed by atoms with E-state index < -0.39 is 20.7 Å². The van der Waals surface area contributed by atoms with E-state index in [0.29, 0.717) is 0 Å². The van der Waals surface area contributed by atoms with E-state index in [-0.39, 0.29) is 23.7 Å². The minimum Gasteiger partial charge on any atom is -0.326 e. The first-order chi connectivity index (χ1) is 9.83. The van der Waals surface area contributed by atoms with Crippen LogP contribution in [-0.2, 0) is 23.1 Å². The van der Waals surface area contributed by atoms with Crippen LogP contribution in [0, 0.1) is 5.82 Å². The molecule has 0 aliphatic carbocycles. The molecule has 0 aliphatic heterocycles. The molecule has 9 heteroatoms. The molecule has 2 rings (SSSR count). The molecule has 0 atom stereocenters. The SMILES string of the molecule is NCc1cc(Cl)cc(S(=O)(=O)NCc2ccc(Br)s2)c1F. The van der Waals surface area contributed by atoms with E-state index in [1.54, 1.807) is 12.1 Å². The van der Waals surface area contributed by atoms with Crippen LogP contribution in [0.5, 0.6) is 0 Å². The molecule has 0 radical (unpaired) electrons. The Hall–Kier alpha value is -0.510. The number of thiophene rings is 1. The maximum atomic E-state index is 14.1. The first kappa shape index (κ1) is 16.9. The Balaban J connectivity index is 2.29. The molecule has 1 heterocycles. The van der Waals surface area contributed by atoms with Crippen LogP contribution in [0.1, 0.15) is 10.4 Å². The third kappa shape index (κ3) is 4.02. The number of benzene rings is 1. The summed E-state index contributed by atoms with van der Waals surface area (Å²) in [6.07, 6.45) is 0. The molecule has 0 bridgehead atoms. The van der Waals surface area contributed by atoms with E-state index in [0.717, 1.165) is 14.7 Å². The average molecular weight is 414 g/mol. The minimum atomic E-state index is -4.01. The second-order valence-corrected chi connectivity index (χ2v) is 8.83. The van der Waals surface area contributed by atoms with Gasteiger partial charge in [0.1, 0.15) is 10.7 Å². The van der Waals surface area contributed by atoms with E-state index >= 15 is 0 Å². The molecule has 0 aliphatic rings. The quantitative estimate of drug-likeness (QED) is 0.790. The van der Waals surface area contributed by atoms with Crippen molar-refractivity contribution in [1.29, 1.82) is 0 Å². The fraction of sp³-hybridized carbons (Fsp3) is 0.167. The Morgan fingerprint density at radius 2 is 2.10 bits per heavy atom. The molecule has 114 valence electrons. The largest absolute Gasteiger partial charge is 0.326 e. The van der Waals surface area contributed by atoms with Crippen molar-refractivity contribution in [3.63, 3.8) is 0 Å². The molecule has 0 spiro atoms. The van der Waals surface area contributed by atoms with Gasteiger partial charge in [0.2, 0.25) is 10.0 Å². The number of sulfonamides is 1. The number of nitrogens with two attached hydrogens (primary N) is 1. The van der Waals surface area contributed by atoms with Gasteiger partial charge in [-0.25, -0.2) is 17.5 Å². The summed E-state index contributed by atoms with van der Waals surface area (Å²) in [5.41, 5.74) is 5.44. The molecule has 0 saturated heterocycles. The number of rotatable bonds is 5. The zero-order chi connectivity index (χ0) is 15.6. The summed E-state index contributed by atoms with van der Waals surface area (Å²) in [5, 5.41) is 0.121. The van der Waals surface area contributed by atoms with Gasteiger partial charge in [-0.05, 0) is 40.2 Å². The molecule has 0 fully saturated rings. The molecule has 4 nitrogen and oxygen atoms in total. The number of nitrogens with one attached hydrogen (secondary N) is 1. The van der Waals surface area contributed by atoms with Crippen molar-refractivity contribution in [3.8, 4) is 0 Å². The van der Waals surface area contributed by atoms with Crippen molar-refractivity contribution in [3.05, 3.63) is 49.3 Å². The van der Waals surface area contributed by atoms with Crippen LogP contribution in [0.4, 0.5) is 4.39 Å². The molecule has 0 unspecified atom stereocenters. The van der Waals surface area contributed by atoms with Gasteiger partial charge in [-0.3, -0.25) is 0 Å². The molecule has 0 amide bonds. The Morgan fingerprint density at radius 1 is 1.38 bits per heavy atom. The Labute approximate surface area is 139 Å². The van der Waals surface area contributed by atoms with Crippen LogP contribution < -0.4 is 10.5 Å². The van der Waals surface area contributed by atoms with E-state index in [1.165, 1.54) is 17.4 Å². The Kier molecular flexibility index (Phi) is 5.39. The first-order valence-corrected chi connectivity index (χ1v) is 9.22. The van der Waals surface area contributed by atoms with Gasteiger partial charge in [0, 0.05) is 28.6 Å². The number of hydrogen-bond acceptors (Lipinski definition) is 4. The van der Waals surface area contributed by atoms with Crippen molar-refractivity contribution >= 4 is 48.9 Å². The first-order valence-electron chi connectivity index (χ1n) is 5.75. The Bertz CT molecular complexity index is 765. The van der Waals surface area contributed by atoms with Crippen LogP contribution in [0.25, 0.3) is 0 Å². The van der Waals surface area contributed by atoms with Gasteiger partial charge in [-0.15, -0.1) is 11.3 Å². The van der Waals surface area contributed by atoms with Crippen LogP contribution in [0.3, 0.4) is 0 Å². The topological polar surface area (TPSA) is 72.2 Å². The molecule has 2 aromatic rings. The second-order valence-electron chi connectivity index (χ2n) is 4.11. The van der Waals surface area contributed by atoms with Crippen LogP contribution in [0.15, 0.2) is 32.9 Å². The zero-order valence-electron chi connectivity index (χ0n) is 10.6. The van der Waals surface area contributed by atoms with Gasteiger partial charge in [0.25, 0.3) is 0 Å². The highest BCUT2D eigenvalue weighted by atomic mass is 79.9. The summed E-state index contributed by atoms with van der Waals surface area (Å²) in [6.45, 7) is -0.0602. The fourth-order valence-corrected chi connectivity index (χ4v) is 4.62. The summed E-state index contributed by atoms with van der Waals surface area (Å²) in [6, 6.07) is 5.96. The standard InChI is InChI=1S/C12H11BrClFN2O2S2/c13-11-2-1-9(20-11)6-17-21(18,19)10-4-8(14)3-7(5-16)12(10)15/h1-4,17H,5-6,16H2. The van der Waals surface area contributed by atoms with E-state index in [9.17, 15) is 12.8 Å². The number of hydrogen-bond donors (Lipinski definition) is 2. The molecule has 21 heavy (non-hydrogen) atoms. The smallest absolute Gasteiger partial charge is 0.243 e. The van der Waals surface area contributed by atoms with Crippen molar-refractivity contribution in [2.75, 3.05) is 0 Å². The summed E-state index contributed by atoms with van der Waals surface area (Å²) in [7, 11) is -4.01. The van der Waals surface area contributed by atoms with Gasteiger partial charge in [0.15, 0.2) is 0 Å². The third-order valence-corrected chi connectivity index (χ3v) is 5.90. The summed E-state index contributed by atoms with van der Waals surface area (Å²) >= 11 is 10.5. The molecule has 1 aromatic heterocycles.